The molecule has 4 aromatic rings. The first-order chi connectivity index (χ1) is 15.6. The summed E-state index contributed by atoms with van der Waals surface area (Å²) in [5.74, 6) is 2.05. The van der Waals surface area contributed by atoms with Gasteiger partial charge in [-0.05, 0) is 48.5 Å². The summed E-state index contributed by atoms with van der Waals surface area (Å²) >= 11 is 0. The van der Waals surface area contributed by atoms with Crippen molar-refractivity contribution in [2.75, 3.05) is 33.8 Å². The van der Waals surface area contributed by atoms with Crippen molar-refractivity contribution in [3.8, 4) is 34.5 Å². The smallest absolute Gasteiger partial charge is 0.255 e. The summed E-state index contributed by atoms with van der Waals surface area (Å²) in [6.45, 7) is 0. The zero-order valence-corrected chi connectivity index (χ0v) is 18.1. The molecule has 0 unspecified atom stereocenters. The average molecular weight is 434 g/mol. The fourth-order valence-corrected chi connectivity index (χ4v) is 3.30. The third kappa shape index (κ3) is 4.02. The number of benzene rings is 3. The summed E-state index contributed by atoms with van der Waals surface area (Å²) in [7, 11) is 6.11. The molecule has 4 rings (SSSR count). The van der Waals surface area contributed by atoms with E-state index in [4.69, 9.17) is 23.4 Å². The molecule has 1 aromatic heterocycles. The molecule has 0 aliphatic rings. The van der Waals surface area contributed by atoms with Crippen LogP contribution in [0.2, 0.25) is 0 Å². The average Bonchev–Trinajstić information content (AvgIpc) is 3.26. The van der Waals surface area contributed by atoms with Crippen molar-refractivity contribution < 1.29 is 28.2 Å². The van der Waals surface area contributed by atoms with Crippen LogP contribution in [-0.2, 0) is 0 Å². The number of carbonyl (C=O) groups is 1. The number of methoxy groups -OCH3 is 4. The molecule has 0 bridgehead atoms. The number of carbonyl (C=O) groups excluding carboxylic acids is 1. The van der Waals surface area contributed by atoms with Gasteiger partial charge in [0.2, 0.25) is 11.6 Å². The Morgan fingerprint density at radius 3 is 2.28 bits per heavy atom. The second-order valence-electron chi connectivity index (χ2n) is 6.80. The quantitative estimate of drug-likeness (QED) is 0.447. The van der Waals surface area contributed by atoms with Crippen molar-refractivity contribution in [2.45, 2.75) is 0 Å². The lowest BCUT2D eigenvalue weighted by Crippen LogP contribution is -2.12. The van der Waals surface area contributed by atoms with Gasteiger partial charge in [-0.15, -0.1) is 0 Å². The molecule has 0 aliphatic carbocycles. The van der Waals surface area contributed by atoms with Gasteiger partial charge in [0.1, 0.15) is 11.3 Å². The van der Waals surface area contributed by atoms with E-state index in [1.807, 2.05) is 24.3 Å². The Labute approximate surface area is 184 Å². The topological polar surface area (TPSA) is 92.1 Å². The molecule has 3 aromatic carbocycles. The molecule has 0 fully saturated rings. The minimum Gasteiger partial charge on any atom is -0.497 e. The largest absolute Gasteiger partial charge is 0.497 e. The van der Waals surface area contributed by atoms with Crippen molar-refractivity contribution in [1.29, 1.82) is 0 Å². The van der Waals surface area contributed by atoms with Crippen LogP contribution in [0, 0.1) is 0 Å². The Balaban J connectivity index is 1.61. The molecule has 0 aliphatic heterocycles. The number of anilines is 1. The van der Waals surface area contributed by atoms with E-state index >= 15 is 0 Å². The fraction of sp³-hybridized carbons (Fsp3) is 0.167. The summed E-state index contributed by atoms with van der Waals surface area (Å²) in [5.41, 5.74) is 2.95. The molecule has 0 saturated carbocycles. The van der Waals surface area contributed by atoms with Crippen LogP contribution in [0.4, 0.5) is 5.69 Å². The number of ether oxygens (including phenoxy) is 4. The van der Waals surface area contributed by atoms with E-state index in [1.165, 1.54) is 21.3 Å². The van der Waals surface area contributed by atoms with Gasteiger partial charge >= 0.3 is 0 Å². The molecular formula is C24H22N2O6. The lowest BCUT2D eigenvalue weighted by Gasteiger charge is -2.14. The molecule has 1 amide bonds. The van der Waals surface area contributed by atoms with Crippen molar-refractivity contribution in [2.24, 2.45) is 0 Å². The molecule has 1 N–H and O–H groups in total. The van der Waals surface area contributed by atoms with Crippen LogP contribution in [0.5, 0.6) is 23.0 Å². The lowest BCUT2D eigenvalue weighted by atomic mass is 10.1. The minimum absolute atomic E-state index is 0.333. The first-order valence-electron chi connectivity index (χ1n) is 9.72. The van der Waals surface area contributed by atoms with Crippen LogP contribution in [0.25, 0.3) is 22.6 Å². The predicted octanol–water partition coefficient (Wildman–Crippen LogP) is 4.78. The Morgan fingerprint density at radius 2 is 1.62 bits per heavy atom. The van der Waals surface area contributed by atoms with Gasteiger partial charge in [0.15, 0.2) is 17.1 Å². The molecule has 8 nitrogen and oxygen atoms in total. The van der Waals surface area contributed by atoms with Gasteiger partial charge in [-0.3, -0.25) is 4.79 Å². The van der Waals surface area contributed by atoms with Gasteiger partial charge in [0, 0.05) is 16.8 Å². The maximum absolute atomic E-state index is 12.9. The zero-order chi connectivity index (χ0) is 22.7. The molecule has 32 heavy (non-hydrogen) atoms. The monoisotopic (exact) mass is 434 g/mol. The van der Waals surface area contributed by atoms with Crippen LogP contribution < -0.4 is 24.3 Å². The van der Waals surface area contributed by atoms with Crippen LogP contribution in [0.15, 0.2) is 59.0 Å². The number of fused-ring (bicyclic) bond motifs is 1. The van der Waals surface area contributed by atoms with E-state index in [0.29, 0.717) is 51.2 Å². The first kappa shape index (κ1) is 21.0. The molecule has 1 heterocycles. The van der Waals surface area contributed by atoms with Gasteiger partial charge in [0.25, 0.3) is 5.91 Å². The highest BCUT2D eigenvalue weighted by atomic mass is 16.5. The van der Waals surface area contributed by atoms with Crippen molar-refractivity contribution in [3.05, 3.63) is 60.2 Å². The predicted molar refractivity (Wildman–Crippen MR) is 120 cm³/mol. The maximum atomic E-state index is 12.9. The highest BCUT2D eigenvalue weighted by Crippen LogP contribution is 2.38. The Kier molecular flexibility index (Phi) is 5.85. The lowest BCUT2D eigenvalue weighted by molar-refractivity contribution is 0.102. The van der Waals surface area contributed by atoms with E-state index in [1.54, 1.807) is 37.4 Å². The number of hydrogen-bond acceptors (Lipinski definition) is 7. The Hall–Kier alpha value is -4.20. The van der Waals surface area contributed by atoms with Gasteiger partial charge < -0.3 is 28.7 Å². The highest BCUT2D eigenvalue weighted by molar-refractivity contribution is 6.05. The van der Waals surface area contributed by atoms with E-state index in [9.17, 15) is 4.79 Å². The molecule has 0 atom stereocenters. The summed E-state index contributed by atoms with van der Waals surface area (Å²) < 4.78 is 27.1. The summed E-state index contributed by atoms with van der Waals surface area (Å²) in [6, 6.07) is 15.9. The molecule has 0 saturated heterocycles. The number of aromatic nitrogens is 1. The number of amides is 1. The van der Waals surface area contributed by atoms with Crippen LogP contribution in [0.3, 0.4) is 0 Å². The van der Waals surface area contributed by atoms with E-state index in [2.05, 4.69) is 10.3 Å². The number of rotatable bonds is 7. The third-order valence-electron chi connectivity index (χ3n) is 4.89. The summed E-state index contributed by atoms with van der Waals surface area (Å²) in [4.78, 5) is 17.4. The van der Waals surface area contributed by atoms with Gasteiger partial charge in [-0.25, -0.2) is 4.98 Å². The van der Waals surface area contributed by atoms with Crippen LogP contribution in [-0.4, -0.2) is 39.3 Å². The van der Waals surface area contributed by atoms with Crippen LogP contribution in [0.1, 0.15) is 10.4 Å². The van der Waals surface area contributed by atoms with Crippen molar-refractivity contribution in [3.63, 3.8) is 0 Å². The Bertz CT molecular complexity index is 1260. The molecule has 0 radical (unpaired) electrons. The zero-order valence-electron chi connectivity index (χ0n) is 18.1. The SMILES string of the molecule is COc1cccc(-c2nc3cc(NC(=O)c4cc(OC)c(OC)c(OC)c4)ccc3o2)c1. The van der Waals surface area contributed by atoms with Crippen LogP contribution >= 0.6 is 0 Å². The minimum atomic E-state index is -0.333. The van der Waals surface area contributed by atoms with Gasteiger partial charge in [0.05, 0.1) is 28.4 Å². The number of nitrogens with one attached hydrogen (secondary N) is 1. The number of oxazole rings is 1. The molecular weight excluding hydrogens is 412 g/mol. The second-order valence-corrected chi connectivity index (χ2v) is 6.80. The maximum Gasteiger partial charge on any atom is 0.255 e. The number of hydrogen-bond donors (Lipinski definition) is 1. The summed E-state index contributed by atoms with van der Waals surface area (Å²) in [5, 5.41) is 2.87. The summed E-state index contributed by atoms with van der Waals surface area (Å²) in [6.07, 6.45) is 0. The standard InChI is InChI=1S/C24H22N2O6/c1-28-17-7-5-6-14(10-17)24-26-18-13-16(8-9-19(18)32-24)25-23(27)15-11-20(29-2)22(31-4)21(12-15)30-3/h5-13H,1-4H3,(H,25,27). The molecule has 164 valence electrons. The van der Waals surface area contributed by atoms with E-state index in [0.717, 1.165) is 5.56 Å². The van der Waals surface area contributed by atoms with Gasteiger partial charge in [-0.1, -0.05) is 6.07 Å². The fourth-order valence-electron chi connectivity index (χ4n) is 3.30. The second kappa shape index (κ2) is 8.89. The molecule has 8 heteroatoms. The van der Waals surface area contributed by atoms with Crippen molar-refractivity contribution >= 4 is 22.7 Å². The number of nitrogens with zero attached hydrogens (tertiary/aromatic N) is 1. The molecule has 0 spiro atoms. The van der Waals surface area contributed by atoms with Crippen molar-refractivity contribution in [1.82, 2.24) is 4.98 Å². The van der Waals surface area contributed by atoms with E-state index in [-0.39, 0.29) is 5.91 Å². The first-order valence-corrected chi connectivity index (χ1v) is 9.72. The Morgan fingerprint density at radius 1 is 0.875 bits per heavy atom. The normalized spacial score (nSPS) is 10.6. The highest BCUT2D eigenvalue weighted by Gasteiger charge is 2.18. The van der Waals surface area contributed by atoms with Gasteiger partial charge in [-0.2, -0.15) is 0 Å². The third-order valence-corrected chi connectivity index (χ3v) is 4.89. The van der Waals surface area contributed by atoms with E-state index < -0.39 is 0 Å².